The minimum atomic E-state index is -0.126. The van der Waals surface area contributed by atoms with Gasteiger partial charge in [0.2, 0.25) is 0 Å². The second-order valence-electron chi connectivity index (χ2n) is 9.89. The van der Waals surface area contributed by atoms with Gasteiger partial charge in [-0.15, -0.1) is 11.3 Å². The zero-order valence-electron chi connectivity index (χ0n) is 23.0. The molecule has 8 nitrogen and oxygen atoms in total. The van der Waals surface area contributed by atoms with Crippen LogP contribution >= 0.6 is 11.3 Å². The number of morpholine rings is 1. The van der Waals surface area contributed by atoms with Crippen LogP contribution in [0.5, 0.6) is 11.5 Å². The molecule has 0 radical (unpaired) electrons. The van der Waals surface area contributed by atoms with Crippen LogP contribution in [0.2, 0.25) is 0 Å². The van der Waals surface area contributed by atoms with Gasteiger partial charge in [-0.1, -0.05) is 17.7 Å². The molecule has 0 bridgehead atoms. The van der Waals surface area contributed by atoms with Gasteiger partial charge in [0.05, 0.1) is 25.4 Å². The molecule has 2 aromatic carbocycles. The molecule has 2 aliphatic rings. The van der Waals surface area contributed by atoms with Gasteiger partial charge < -0.3 is 24.4 Å². The Labute approximate surface area is 239 Å². The van der Waals surface area contributed by atoms with E-state index >= 15 is 0 Å². The van der Waals surface area contributed by atoms with Crippen molar-refractivity contribution in [3.63, 3.8) is 0 Å². The maximum atomic E-state index is 13.4. The second kappa shape index (κ2) is 13.1. The van der Waals surface area contributed by atoms with Crippen molar-refractivity contribution in [2.75, 3.05) is 44.8 Å². The largest absolute Gasteiger partial charge is 0.490 e. The molecule has 1 fully saturated rings. The van der Waals surface area contributed by atoms with Crippen LogP contribution in [0.1, 0.15) is 51.7 Å². The number of aliphatic imine (C=N–C) groups is 1. The third-order valence-electron chi connectivity index (χ3n) is 7.00. The Morgan fingerprint density at radius 1 is 1.05 bits per heavy atom. The number of anilines is 1. The topological polar surface area (TPSA) is 89.5 Å². The number of benzene rings is 2. The molecule has 0 atom stereocenters. The number of nitrogens with zero attached hydrogens (tertiary/aromatic N) is 2. The minimum Gasteiger partial charge on any atom is -0.490 e. The van der Waals surface area contributed by atoms with Gasteiger partial charge in [0.25, 0.3) is 11.8 Å². The van der Waals surface area contributed by atoms with Crippen LogP contribution in [0.15, 0.2) is 47.5 Å². The molecule has 0 unspecified atom stereocenters. The molecular formula is C31H35N3O5S. The number of hydrogen-bond acceptors (Lipinski definition) is 7. The van der Waals surface area contributed by atoms with Crippen molar-refractivity contribution in [2.45, 2.75) is 39.5 Å². The number of ether oxygens (including phenoxy) is 3. The number of aryl methyl sites for hydroxylation is 2. The molecule has 210 valence electrons. The predicted octanol–water partition coefficient (Wildman–Crippen LogP) is 5.57. The first-order valence-electron chi connectivity index (χ1n) is 13.8. The lowest BCUT2D eigenvalue weighted by atomic mass is 9.95. The van der Waals surface area contributed by atoms with Gasteiger partial charge >= 0.3 is 0 Å². The van der Waals surface area contributed by atoms with Crippen LogP contribution in [0.25, 0.3) is 0 Å². The van der Waals surface area contributed by atoms with Crippen molar-refractivity contribution in [1.29, 1.82) is 0 Å². The van der Waals surface area contributed by atoms with Gasteiger partial charge in [0.15, 0.2) is 18.1 Å². The van der Waals surface area contributed by atoms with Gasteiger partial charge in [0.1, 0.15) is 5.00 Å². The number of thiophene rings is 1. The van der Waals surface area contributed by atoms with E-state index in [2.05, 4.69) is 5.32 Å². The summed E-state index contributed by atoms with van der Waals surface area (Å²) in [5.74, 6) is 0.850. The average Bonchev–Trinajstić information content (AvgIpc) is 3.36. The fraction of sp³-hybridized carbons (Fsp3) is 0.387. The maximum absolute atomic E-state index is 13.4. The second-order valence-corrected chi connectivity index (χ2v) is 11.0. The lowest BCUT2D eigenvalue weighted by Crippen LogP contribution is -2.43. The molecule has 3 aromatic rings. The van der Waals surface area contributed by atoms with E-state index < -0.39 is 0 Å². The molecule has 1 aliphatic heterocycles. The summed E-state index contributed by atoms with van der Waals surface area (Å²) in [7, 11) is 0. The standard InChI is InChI=1S/C31H35N3O5S/c1-3-38-26-18-22(10-13-25(26)39-20-28(35)34-14-16-37-17-15-34)19-32-31-29(24-6-4-5-7-27(24)40-31)30(36)33-23-11-8-21(2)9-12-23/h8-13,18-19H,3-7,14-17,20H2,1-2H3,(H,33,36). The summed E-state index contributed by atoms with van der Waals surface area (Å²) in [4.78, 5) is 33.7. The zero-order valence-corrected chi connectivity index (χ0v) is 23.9. The molecule has 9 heteroatoms. The quantitative estimate of drug-likeness (QED) is 0.345. The summed E-state index contributed by atoms with van der Waals surface area (Å²) in [6.07, 6.45) is 5.82. The first-order valence-corrected chi connectivity index (χ1v) is 14.6. The van der Waals surface area contributed by atoms with Crippen molar-refractivity contribution < 1.29 is 23.8 Å². The number of carbonyl (C=O) groups is 2. The summed E-state index contributed by atoms with van der Waals surface area (Å²) in [6, 6.07) is 13.3. The molecule has 1 N–H and O–H groups in total. The Morgan fingerprint density at radius 3 is 2.60 bits per heavy atom. The van der Waals surface area contributed by atoms with E-state index in [4.69, 9.17) is 19.2 Å². The molecule has 2 heterocycles. The Balaban J connectivity index is 1.34. The molecule has 1 aromatic heterocycles. The van der Waals surface area contributed by atoms with Gasteiger partial charge in [0, 0.05) is 29.9 Å². The molecule has 0 spiro atoms. The number of hydrogen-bond donors (Lipinski definition) is 1. The SMILES string of the molecule is CCOc1cc(C=Nc2sc3c(c2C(=O)Nc2ccc(C)cc2)CCCC3)ccc1OCC(=O)N1CCOCC1. The van der Waals surface area contributed by atoms with Gasteiger partial charge in [-0.2, -0.15) is 0 Å². The van der Waals surface area contributed by atoms with Crippen LogP contribution < -0.4 is 14.8 Å². The highest BCUT2D eigenvalue weighted by Crippen LogP contribution is 2.40. The number of fused-ring (bicyclic) bond motifs is 1. The Hall–Kier alpha value is -3.69. The van der Waals surface area contributed by atoms with E-state index in [-0.39, 0.29) is 18.4 Å². The highest BCUT2D eigenvalue weighted by Gasteiger charge is 2.25. The van der Waals surface area contributed by atoms with Crippen molar-refractivity contribution in [3.05, 3.63) is 69.6 Å². The predicted molar refractivity (Wildman–Crippen MR) is 158 cm³/mol. The van der Waals surface area contributed by atoms with Crippen LogP contribution in [-0.4, -0.2) is 62.4 Å². The van der Waals surface area contributed by atoms with Crippen molar-refractivity contribution in [1.82, 2.24) is 4.90 Å². The number of rotatable bonds is 9. The summed E-state index contributed by atoms with van der Waals surface area (Å²) < 4.78 is 17.0. The van der Waals surface area contributed by atoms with Gasteiger partial charge in [-0.3, -0.25) is 9.59 Å². The first-order chi connectivity index (χ1) is 19.5. The van der Waals surface area contributed by atoms with Crippen molar-refractivity contribution in [2.24, 2.45) is 4.99 Å². The molecule has 1 saturated heterocycles. The van der Waals surface area contributed by atoms with E-state index in [1.165, 1.54) is 4.88 Å². The van der Waals surface area contributed by atoms with E-state index in [0.29, 0.717) is 55.0 Å². The lowest BCUT2D eigenvalue weighted by molar-refractivity contribution is -0.137. The molecular weight excluding hydrogens is 526 g/mol. The highest BCUT2D eigenvalue weighted by molar-refractivity contribution is 7.16. The molecule has 0 saturated carbocycles. The highest BCUT2D eigenvalue weighted by atomic mass is 32.1. The van der Waals surface area contributed by atoms with E-state index in [1.54, 1.807) is 28.5 Å². The number of carbonyl (C=O) groups excluding carboxylic acids is 2. The Morgan fingerprint density at radius 2 is 1.82 bits per heavy atom. The number of nitrogens with one attached hydrogen (secondary N) is 1. The average molecular weight is 562 g/mol. The van der Waals surface area contributed by atoms with Crippen LogP contribution in [-0.2, 0) is 22.4 Å². The summed E-state index contributed by atoms with van der Waals surface area (Å²) in [5.41, 5.74) is 4.51. The summed E-state index contributed by atoms with van der Waals surface area (Å²) in [5, 5.41) is 3.77. The molecule has 2 amide bonds. The fourth-order valence-electron chi connectivity index (χ4n) is 4.88. The summed E-state index contributed by atoms with van der Waals surface area (Å²) in [6.45, 7) is 6.56. The van der Waals surface area contributed by atoms with Crippen LogP contribution in [0.3, 0.4) is 0 Å². The smallest absolute Gasteiger partial charge is 0.260 e. The monoisotopic (exact) mass is 561 g/mol. The zero-order chi connectivity index (χ0) is 27.9. The lowest BCUT2D eigenvalue weighted by Gasteiger charge is -2.26. The molecule has 5 rings (SSSR count). The Bertz CT molecular complexity index is 1380. The first kappa shape index (κ1) is 27.9. The van der Waals surface area contributed by atoms with Crippen molar-refractivity contribution in [3.8, 4) is 11.5 Å². The minimum absolute atomic E-state index is 0.0618. The van der Waals surface area contributed by atoms with E-state index in [0.717, 1.165) is 48.1 Å². The van der Waals surface area contributed by atoms with Crippen molar-refractivity contribution >= 4 is 40.1 Å². The Kier molecular flexibility index (Phi) is 9.13. The maximum Gasteiger partial charge on any atom is 0.260 e. The third kappa shape index (κ3) is 6.71. The van der Waals surface area contributed by atoms with Crippen LogP contribution in [0, 0.1) is 6.92 Å². The van der Waals surface area contributed by atoms with E-state index in [1.807, 2.05) is 50.2 Å². The van der Waals surface area contributed by atoms with Gasteiger partial charge in [-0.05, 0) is 81.0 Å². The normalized spacial score (nSPS) is 15.1. The summed E-state index contributed by atoms with van der Waals surface area (Å²) >= 11 is 1.60. The third-order valence-corrected chi connectivity index (χ3v) is 8.20. The number of amides is 2. The van der Waals surface area contributed by atoms with Gasteiger partial charge in [-0.25, -0.2) is 4.99 Å². The fourth-order valence-corrected chi connectivity index (χ4v) is 6.11. The van der Waals surface area contributed by atoms with E-state index in [9.17, 15) is 9.59 Å². The van der Waals surface area contributed by atoms with Crippen LogP contribution in [0.4, 0.5) is 10.7 Å². The molecule has 40 heavy (non-hydrogen) atoms. The molecule has 1 aliphatic carbocycles.